The number of hydrogen-bond donors (Lipinski definition) is 1. The first kappa shape index (κ1) is 21.4. The van der Waals surface area contributed by atoms with Crippen LogP contribution in [-0.2, 0) is 0 Å². The fourth-order valence-electron chi connectivity index (χ4n) is 4.36. The second kappa shape index (κ2) is 8.80. The molecule has 6 rings (SSSR count). The Labute approximate surface area is 196 Å². The van der Waals surface area contributed by atoms with Gasteiger partial charge in [0.15, 0.2) is 5.78 Å². The fraction of sp³-hybridized carbons (Fsp3) is 0.0323. The molecule has 0 saturated carbocycles. The summed E-state index contributed by atoms with van der Waals surface area (Å²) in [5, 5.41) is 18.0. The topological polar surface area (TPSA) is 54.4 Å². The second-order valence-electron chi connectivity index (χ2n) is 8.31. The van der Waals surface area contributed by atoms with E-state index >= 15 is 0 Å². The van der Waals surface area contributed by atoms with Crippen LogP contribution in [0.2, 0.25) is 0 Å². The molecule has 0 radical (unpaired) electrons. The molecule has 0 aromatic heterocycles. The minimum absolute atomic E-state index is 0.111. The summed E-state index contributed by atoms with van der Waals surface area (Å²) in [4.78, 5) is 22.4. The lowest BCUT2D eigenvalue weighted by atomic mass is 9.99. The highest BCUT2D eigenvalue weighted by Gasteiger charge is 2.06. The Balaban J connectivity index is 0.000000142. The van der Waals surface area contributed by atoms with Gasteiger partial charge in [-0.2, -0.15) is 0 Å². The molecule has 0 amide bonds. The molecule has 0 atom stereocenters. The minimum Gasteiger partial charge on any atom is -0.478 e. The normalized spacial score (nSPS) is 10.9. The smallest absolute Gasteiger partial charge is 0.335 e. The van der Waals surface area contributed by atoms with Crippen molar-refractivity contribution in [2.45, 2.75) is 6.92 Å². The van der Waals surface area contributed by atoms with Gasteiger partial charge in [-0.1, -0.05) is 91.0 Å². The lowest BCUT2D eigenvalue weighted by Crippen LogP contribution is -1.95. The summed E-state index contributed by atoms with van der Waals surface area (Å²) >= 11 is 0. The van der Waals surface area contributed by atoms with Gasteiger partial charge in [-0.05, 0) is 68.2 Å². The van der Waals surface area contributed by atoms with Crippen LogP contribution in [0.5, 0.6) is 0 Å². The molecule has 0 aliphatic rings. The number of ketones is 1. The van der Waals surface area contributed by atoms with E-state index in [4.69, 9.17) is 5.11 Å². The van der Waals surface area contributed by atoms with Gasteiger partial charge in [-0.25, -0.2) is 4.79 Å². The van der Waals surface area contributed by atoms with Crippen LogP contribution in [0.25, 0.3) is 43.1 Å². The van der Waals surface area contributed by atoms with Crippen molar-refractivity contribution < 1.29 is 14.7 Å². The van der Waals surface area contributed by atoms with Gasteiger partial charge in [0.05, 0.1) is 5.56 Å². The van der Waals surface area contributed by atoms with Gasteiger partial charge in [0.2, 0.25) is 0 Å². The Morgan fingerprint density at radius 3 is 1.35 bits per heavy atom. The second-order valence-corrected chi connectivity index (χ2v) is 8.31. The van der Waals surface area contributed by atoms with E-state index in [2.05, 4.69) is 30.3 Å². The van der Waals surface area contributed by atoms with Gasteiger partial charge in [-0.15, -0.1) is 0 Å². The highest BCUT2D eigenvalue weighted by atomic mass is 16.4. The van der Waals surface area contributed by atoms with Crippen molar-refractivity contribution in [3.05, 3.63) is 120 Å². The van der Waals surface area contributed by atoms with Crippen molar-refractivity contribution >= 4 is 54.8 Å². The molecule has 164 valence electrons. The summed E-state index contributed by atoms with van der Waals surface area (Å²) in [7, 11) is 0. The van der Waals surface area contributed by atoms with Crippen LogP contribution in [0.15, 0.2) is 109 Å². The zero-order valence-corrected chi connectivity index (χ0v) is 18.7. The van der Waals surface area contributed by atoms with Crippen LogP contribution in [0.1, 0.15) is 27.6 Å². The first-order valence-corrected chi connectivity index (χ1v) is 11.1. The predicted octanol–water partition coefficient (Wildman–Crippen LogP) is 7.89. The molecule has 0 unspecified atom stereocenters. The number of Topliss-reactive ketones (excluding diaryl/α,β-unsaturated/α-hetero) is 1. The number of rotatable bonds is 2. The molecule has 0 fully saturated rings. The molecule has 0 heterocycles. The molecule has 1 N–H and O–H groups in total. The Morgan fingerprint density at radius 2 is 0.882 bits per heavy atom. The third-order valence-electron chi connectivity index (χ3n) is 6.15. The maximum atomic E-state index is 11.4. The van der Waals surface area contributed by atoms with Crippen LogP contribution >= 0.6 is 0 Å². The average Bonchev–Trinajstić information content (AvgIpc) is 2.88. The fourth-order valence-corrected chi connectivity index (χ4v) is 4.36. The predicted molar refractivity (Wildman–Crippen MR) is 140 cm³/mol. The van der Waals surface area contributed by atoms with Gasteiger partial charge >= 0.3 is 5.97 Å². The SMILES string of the molecule is CC(=O)c1ccc2ccc3ccccc3c2c1.O=C(O)c1ccc2ccc3ccccc3c2c1. The van der Waals surface area contributed by atoms with Crippen molar-refractivity contribution in [1.29, 1.82) is 0 Å². The standard InChI is InChI=1S/C16H12O.C15H10O2/c1-11(17)14-9-8-13-7-6-12-4-2-3-5-15(12)16(13)10-14;16-15(17)12-8-7-11-6-5-10-3-1-2-4-13(10)14(11)9-12/h2-10H,1H3;1-9H,(H,16,17). The van der Waals surface area contributed by atoms with Gasteiger partial charge in [-0.3, -0.25) is 4.79 Å². The van der Waals surface area contributed by atoms with E-state index in [1.807, 2.05) is 66.7 Å². The summed E-state index contributed by atoms with van der Waals surface area (Å²) in [6, 6.07) is 35.6. The maximum Gasteiger partial charge on any atom is 0.335 e. The van der Waals surface area contributed by atoms with Gasteiger partial charge in [0, 0.05) is 5.56 Å². The average molecular weight is 443 g/mol. The number of carbonyl (C=O) groups is 2. The number of carboxylic acid groups (broad SMARTS) is 1. The molecular formula is C31H22O3. The molecule has 6 aromatic rings. The molecule has 0 aliphatic heterocycles. The third kappa shape index (κ3) is 4.00. The molecule has 0 bridgehead atoms. The van der Waals surface area contributed by atoms with E-state index in [0.29, 0.717) is 5.56 Å². The highest BCUT2D eigenvalue weighted by molar-refractivity contribution is 6.10. The van der Waals surface area contributed by atoms with Crippen LogP contribution < -0.4 is 0 Å². The van der Waals surface area contributed by atoms with Crippen molar-refractivity contribution in [2.24, 2.45) is 0 Å². The first-order chi connectivity index (χ1) is 16.5. The van der Waals surface area contributed by atoms with Crippen LogP contribution in [0.3, 0.4) is 0 Å². The van der Waals surface area contributed by atoms with E-state index in [-0.39, 0.29) is 5.78 Å². The van der Waals surface area contributed by atoms with E-state index < -0.39 is 5.97 Å². The van der Waals surface area contributed by atoms with E-state index in [1.54, 1.807) is 19.1 Å². The molecule has 3 heteroatoms. The minimum atomic E-state index is -0.889. The summed E-state index contributed by atoms with van der Waals surface area (Å²) < 4.78 is 0. The molecular weight excluding hydrogens is 420 g/mol. The Morgan fingerprint density at radius 1 is 0.500 bits per heavy atom. The Kier molecular flexibility index (Phi) is 5.52. The lowest BCUT2D eigenvalue weighted by molar-refractivity contribution is 0.0697. The van der Waals surface area contributed by atoms with E-state index in [0.717, 1.165) is 32.5 Å². The van der Waals surface area contributed by atoms with E-state index in [1.165, 1.54) is 16.2 Å². The lowest BCUT2D eigenvalue weighted by Gasteiger charge is -2.05. The molecule has 0 saturated heterocycles. The monoisotopic (exact) mass is 442 g/mol. The molecule has 0 spiro atoms. The summed E-state index contributed by atoms with van der Waals surface area (Å²) in [6.07, 6.45) is 0. The largest absolute Gasteiger partial charge is 0.478 e. The van der Waals surface area contributed by atoms with Crippen LogP contribution in [-0.4, -0.2) is 16.9 Å². The number of carbonyl (C=O) groups excluding carboxylic acids is 1. The maximum absolute atomic E-state index is 11.4. The molecule has 3 nitrogen and oxygen atoms in total. The molecule has 0 aliphatic carbocycles. The summed E-state index contributed by atoms with van der Waals surface area (Å²) in [5.74, 6) is -0.778. The summed E-state index contributed by atoms with van der Waals surface area (Å²) in [6.45, 7) is 1.60. The Hall–Kier alpha value is -4.50. The third-order valence-corrected chi connectivity index (χ3v) is 6.15. The Bertz CT molecular complexity index is 1580. The number of benzene rings is 6. The number of carboxylic acids is 1. The van der Waals surface area contributed by atoms with Crippen molar-refractivity contribution in [2.75, 3.05) is 0 Å². The number of aromatic carboxylic acids is 1. The molecule has 34 heavy (non-hydrogen) atoms. The summed E-state index contributed by atoms with van der Waals surface area (Å²) in [5.41, 5.74) is 1.10. The highest BCUT2D eigenvalue weighted by Crippen LogP contribution is 2.27. The first-order valence-electron chi connectivity index (χ1n) is 11.1. The number of fused-ring (bicyclic) bond motifs is 6. The van der Waals surface area contributed by atoms with Crippen molar-refractivity contribution in [1.82, 2.24) is 0 Å². The van der Waals surface area contributed by atoms with Gasteiger partial charge in [0.25, 0.3) is 0 Å². The number of hydrogen-bond acceptors (Lipinski definition) is 2. The van der Waals surface area contributed by atoms with Crippen molar-refractivity contribution in [3.8, 4) is 0 Å². The van der Waals surface area contributed by atoms with E-state index in [9.17, 15) is 9.59 Å². The zero-order valence-electron chi connectivity index (χ0n) is 18.7. The van der Waals surface area contributed by atoms with Gasteiger partial charge in [0.1, 0.15) is 0 Å². The van der Waals surface area contributed by atoms with Crippen LogP contribution in [0.4, 0.5) is 0 Å². The quantitative estimate of drug-likeness (QED) is 0.219. The van der Waals surface area contributed by atoms with Crippen LogP contribution in [0, 0.1) is 0 Å². The van der Waals surface area contributed by atoms with Gasteiger partial charge < -0.3 is 5.11 Å². The molecule has 6 aromatic carbocycles. The van der Waals surface area contributed by atoms with Crippen molar-refractivity contribution in [3.63, 3.8) is 0 Å². The zero-order chi connectivity index (χ0) is 23.7.